The fraction of sp³-hybridized carbons (Fsp3) is 0.500. The molecule has 0 spiro atoms. The standard InChI is InChI=1S/C18H23FN4/c1-13-11-16(22-21-13)5-3-14-12-15(19)4-6-17(14)23-9-7-18(2,20)8-10-23/h4,6,12-13,21H,7-11,20H2,1-2H3. The lowest BCUT2D eigenvalue weighted by molar-refractivity contribution is 0.364. The van der Waals surface area contributed by atoms with E-state index < -0.39 is 0 Å². The number of hydrogen-bond donors (Lipinski definition) is 2. The van der Waals surface area contributed by atoms with Gasteiger partial charge >= 0.3 is 0 Å². The van der Waals surface area contributed by atoms with Crippen molar-refractivity contribution < 1.29 is 4.39 Å². The van der Waals surface area contributed by atoms with Crippen LogP contribution in [0.2, 0.25) is 0 Å². The van der Waals surface area contributed by atoms with Crippen LogP contribution in [0, 0.1) is 17.7 Å². The molecule has 1 aromatic carbocycles. The minimum atomic E-state index is -0.265. The third-order valence-electron chi connectivity index (χ3n) is 4.47. The van der Waals surface area contributed by atoms with Crippen molar-refractivity contribution in [2.24, 2.45) is 10.8 Å². The van der Waals surface area contributed by atoms with Crippen LogP contribution < -0.4 is 16.1 Å². The highest BCUT2D eigenvalue weighted by Gasteiger charge is 2.26. The third-order valence-corrected chi connectivity index (χ3v) is 4.47. The van der Waals surface area contributed by atoms with Crippen molar-refractivity contribution in [3.8, 4) is 11.8 Å². The molecule has 0 saturated carbocycles. The molecule has 3 N–H and O–H groups in total. The molecule has 0 radical (unpaired) electrons. The summed E-state index contributed by atoms with van der Waals surface area (Å²) >= 11 is 0. The first kappa shape index (κ1) is 15.8. The molecule has 3 rings (SSSR count). The van der Waals surface area contributed by atoms with E-state index in [1.165, 1.54) is 12.1 Å². The summed E-state index contributed by atoms with van der Waals surface area (Å²) in [7, 11) is 0. The zero-order valence-electron chi connectivity index (χ0n) is 13.7. The summed E-state index contributed by atoms with van der Waals surface area (Å²) in [5.41, 5.74) is 11.6. The lowest BCUT2D eigenvalue weighted by atomic mass is 9.90. The summed E-state index contributed by atoms with van der Waals surface area (Å²) in [6, 6.07) is 5.13. The molecule has 5 heteroatoms. The molecule has 0 bridgehead atoms. The van der Waals surface area contributed by atoms with Crippen LogP contribution in [0.1, 0.15) is 38.7 Å². The van der Waals surface area contributed by atoms with Gasteiger partial charge in [0.25, 0.3) is 0 Å². The SMILES string of the molecule is CC1CC(C#Cc2cc(F)ccc2N2CCC(C)(N)CC2)=NN1. The number of nitrogens with one attached hydrogen (secondary N) is 1. The van der Waals surface area contributed by atoms with Gasteiger partial charge in [-0.1, -0.05) is 5.92 Å². The maximum absolute atomic E-state index is 13.7. The van der Waals surface area contributed by atoms with E-state index in [-0.39, 0.29) is 11.4 Å². The predicted molar refractivity (Wildman–Crippen MR) is 92.0 cm³/mol. The van der Waals surface area contributed by atoms with E-state index in [4.69, 9.17) is 5.73 Å². The fourth-order valence-corrected chi connectivity index (χ4v) is 2.93. The third kappa shape index (κ3) is 3.83. The fourth-order valence-electron chi connectivity index (χ4n) is 2.93. The van der Waals surface area contributed by atoms with Gasteiger partial charge in [0.2, 0.25) is 0 Å². The molecule has 2 aliphatic heterocycles. The van der Waals surface area contributed by atoms with Gasteiger partial charge in [-0.3, -0.25) is 0 Å². The first-order chi connectivity index (χ1) is 10.9. The van der Waals surface area contributed by atoms with Gasteiger partial charge in [0.15, 0.2) is 0 Å². The number of hydrazone groups is 1. The second-order valence-electron chi connectivity index (χ2n) is 6.85. The summed E-state index contributed by atoms with van der Waals surface area (Å²) in [6.45, 7) is 5.88. The van der Waals surface area contributed by atoms with Gasteiger partial charge in [-0.05, 0) is 50.8 Å². The van der Waals surface area contributed by atoms with Crippen LogP contribution in [0.25, 0.3) is 0 Å². The van der Waals surface area contributed by atoms with Crippen molar-refractivity contribution in [1.82, 2.24) is 5.43 Å². The number of nitrogens with zero attached hydrogens (tertiary/aromatic N) is 2. The lowest BCUT2D eigenvalue weighted by Gasteiger charge is -2.38. The van der Waals surface area contributed by atoms with Crippen LogP contribution in [0.3, 0.4) is 0 Å². The first-order valence-electron chi connectivity index (χ1n) is 8.10. The molecule has 2 heterocycles. The van der Waals surface area contributed by atoms with Gasteiger partial charge in [0, 0.05) is 31.1 Å². The van der Waals surface area contributed by atoms with Crippen LogP contribution in [0.5, 0.6) is 0 Å². The minimum Gasteiger partial charge on any atom is -0.370 e. The normalized spacial score (nSPS) is 22.9. The summed E-state index contributed by atoms with van der Waals surface area (Å²) in [5.74, 6) is 5.91. The number of hydrogen-bond acceptors (Lipinski definition) is 4. The molecular weight excluding hydrogens is 291 g/mol. The number of rotatable bonds is 1. The Labute approximate surface area is 136 Å². The van der Waals surface area contributed by atoms with E-state index in [9.17, 15) is 4.39 Å². The summed E-state index contributed by atoms with van der Waals surface area (Å²) < 4.78 is 13.7. The van der Waals surface area contributed by atoms with Crippen LogP contribution in [-0.2, 0) is 0 Å². The molecule has 0 amide bonds. The second-order valence-corrected chi connectivity index (χ2v) is 6.85. The highest BCUT2D eigenvalue weighted by molar-refractivity contribution is 6.02. The predicted octanol–water partition coefficient (Wildman–Crippen LogP) is 2.23. The number of piperidine rings is 1. The minimum absolute atomic E-state index is 0.108. The van der Waals surface area contributed by atoms with Gasteiger partial charge < -0.3 is 16.1 Å². The number of halogens is 1. The molecular formula is C18H23FN4. The van der Waals surface area contributed by atoms with E-state index in [2.05, 4.69) is 41.1 Å². The van der Waals surface area contributed by atoms with Crippen molar-refractivity contribution in [2.75, 3.05) is 18.0 Å². The molecule has 122 valence electrons. The van der Waals surface area contributed by atoms with Crippen LogP contribution in [0.4, 0.5) is 10.1 Å². The Morgan fingerprint density at radius 2 is 2.09 bits per heavy atom. The highest BCUT2D eigenvalue weighted by atomic mass is 19.1. The Morgan fingerprint density at radius 1 is 1.35 bits per heavy atom. The Kier molecular flexibility index (Phi) is 4.27. The molecule has 1 aromatic rings. The van der Waals surface area contributed by atoms with E-state index in [0.29, 0.717) is 11.6 Å². The molecule has 4 nitrogen and oxygen atoms in total. The van der Waals surface area contributed by atoms with E-state index in [1.54, 1.807) is 0 Å². The van der Waals surface area contributed by atoms with Gasteiger partial charge in [-0.2, -0.15) is 5.10 Å². The van der Waals surface area contributed by atoms with Crippen LogP contribution >= 0.6 is 0 Å². The molecule has 0 aromatic heterocycles. The van der Waals surface area contributed by atoms with Crippen LogP contribution in [-0.4, -0.2) is 30.4 Å². The highest BCUT2D eigenvalue weighted by Crippen LogP contribution is 2.27. The number of anilines is 1. The van der Waals surface area contributed by atoms with Gasteiger partial charge in [-0.25, -0.2) is 4.39 Å². The zero-order chi connectivity index (χ0) is 16.4. The molecule has 2 aliphatic rings. The number of nitrogens with two attached hydrogens (primary N) is 1. The molecule has 1 fully saturated rings. The van der Waals surface area contributed by atoms with E-state index >= 15 is 0 Å². The summed E-state index contributed by atoms with van der Waals surface area (Å²) in [4.78, 5) is 2.25. The molecule has 1 unspecified atom stereocenters. The Bertz CT molecular complexity index is 674. The maximum atomic E-state index is 13.7. The zero-order valence-corrected chi connectivity index (χ0v) is 13.7. The van der Waals surface area contributed by atoms with Crippen molar-refractivity contribution in [3.63, 3.8) is 0 Å². The Balaban J connectivity index is 1.83. The van der Waals surface area contributed by atoms with Gasteiger partial charge in [0.1, 0.15) is 11.5 Å². The van der Waals surface area contributed by atoms with Gasteiger partial charge in [0.05, 0.1) is 11.3 Å². The summed E-state index contributed by atoms with van der Waals surface area (Å²) in [5, 5.41) is 4.18. The van der Waals surface area contributed by atoms with E-state index in [1.807, 2.05) is 6.07 Å². The Hall–Kier alpha value is -2.06. The largest absolute Gasteiger partial charge is 0.370 e. The molecule has 23 heavy (non-hydrogen) atoms. The van der Waals surface area contributed by atoms with Crippen molar-refractivity contribution in [1.29, 1.82) is 0 Å². The Morgan fingerprint density at radius 3 is 2.74 bits per heavy atom. The van der Waals surface area contributed by atoms with E-state index in [0.717, 1.165) is 43.8 Å². The van der Waals surface area contributed by atoms with Crippen molar-refractivity contribution >= 4 is 11.4 Å². The average molecular weight is 314 g/mol. The van der Waals surface area contributed by atoms with Crippen molar-refractivity contribution in [2.45, 2.75) is 44.7 Å². The quantitative estimate of drug-likeness (QED) is 0.782. The number of benzene rings is 1. The monoisotopic (exact) mass is 314 g/mol. The lowest BCUT2D eigenvalue weighted by Crippen LogP contribution is -2.48. The molecule has 1 atom stereocenters. The smallest absolute Gasteiger partial charge is 0.124 e. The van der Waals surface area contributed by atoms with Gasteiger partial charge in [-0.15, -0.1) is 0 Å². The second kappa shape index (κ2) is 6.21. The van der Waals surface area contributed by atoms with Crippen LogP contribution in [0.15, 0.2) is 23.3 Å². The molecule has 0 aliphatic carbocycles. The molecule has 1 saturated heterocycles. The average Bonchev–Trinajstić information content (AvgIpc) is 2.91. The first-order valence-corrected chi connectivity index (χ1v) is 8.10. The van der Waals surface area contributed by atoms with Crippen molar-refractivity contribution in [3.05, 3.63) is 29.6 Å². The summed E-state index contributed by atoms with van der Waals surface area (Å²) in [6.07, 6.45) is 2.66. The maximum Gasteiger partial charge on any atom is 0.124 e. The topological polar surface area (TPSA) is 53.6 Å².